The molecule has 4 N–H and O–H groups in total. The second-order valence-electron chi connectivity index (χ2n) is 3.62. The van der Waals surface area contributed by atoms with E-state index in [4.69, 9.17) is 5.11 Å². The molecule has 0 fully saturated rings. The summed E-state index contributed by atoms with van der Waals surface area (Å²) in [6.45, 7) is 0. The van der Waals surface area contributed by atoms with Crippen LogP contribution in [0.25, 0.3) is 0 Å². The van der Waals surface area contributed by atoms with Gasteiger partial charge in [0.15, 0.2) is 0 Å². The van der Waals surface area contributed by atoms with Crippen molar-refractivity contribution in [1.82, 2.24) is 4.98 Å². The van der Waals surface area contributed by atoms with Crippen molar-refractivity contribution in [2.45, 2.75) is 0 Å². The standard InChI is InChI=1S/C12H9NO5/c14-7-2-9(16)11(10(17)3-7)12(18)6-1-8(15)5-13-4-6/h1-5,14-17H. The lowest BCUT2D eigenvalue weighted by atomic mass is 10.0. The summed E-state index contributed by atoms with van der Waals surface area (Å²) in [6.07, 6.45) is 2.33. The van der Waals surface area contributed by atoms with Crippen molar-refractivity contribution < 1.29 is 25.2 Å². The molecule has 6 heteroatoms. The van der Waals surface area contributed by atoms with E-state index in [0.717, 1.165) is 24.4 Å². The molecule has 0 atom stereocenters. The second kappa shape index (κ2) is 4.25. The summed E-state index contributed by atoms with van der Waals surface area (Å²) < 4.78 is 0. The first-order valence-corrected chi connectivity index (χ1v) is 4.92. The molecule has 0 unspecified atom stereocenters. The Kier molecular flexibility index (Phi) is 2.77. The minimum absolute atomic E-state index is 0.00582. The zero-order valence-corrected chi connectivity index (χ0v) is 9.03. The number of rotatable bonds is 2. The maximum Gasteiger partial charge on any atom is 0.202 e. The summed E-state index contributed by atoms with van der Waals surface area (Å²) in [5, 5.41) is 37.4. The van der Waals surface area contributed by atoms with Crippen molar-refractivity contribution in [2.75, 3.05) is 0 Å². The van der Waals surface area contributed by atoms with E-state index in [1.165, 1.54) is 6.20 Å². The first-order valence-electron chi connectivity index (χ1n) is 4.92. The van der Waals surface area contributed by atoms with Crippen LogP contribution in [0.3, 0.4) is 0 Å². The number of aromatic nitrogens is 1. The Morgan fingerprint density at radius 1 is 0.889 bits per heavy atom. The van der Waals surface area contributed by atoms with Gasteiger partial charge in [-0.25, -0.2) is 0 Å². The maximum absolute atomic E-state index is 12.0. The highest BCUT2D eigenvalue weighted by molar-refractivity contribution is 6.12. The Morgan fingerprint density at radius 2 is 1.50 bits per heavy atom. The average Bonchev–Trinajstić information content (AvgIpc) is 2.27. The molecule has 1 aromatic heterocycles. The Morgan fingerprint density at radius 3 is 2.06 bits per heavy atom. The van der Waals surface area contributed by atoms with Crippen molar-refractivity contribution in [3.63, 3.8) is 0 Å². The topological polar surface area (TPSA) is 111 Å². The SMILES string of the molecule is O=C(c1cncc(O)c1)c1c(O)cc(O)cc1O. The second-order valence-corrected chi connectivity index (χ2v) is 3.62. The van der Waals surface area contributed by atoms with Gasteiger partial charge >= 0.3 is 0 Å². The molecular weight excluding hydrogens is 238 g/mol. The fourth-order valence-corrected chi connectivity index (χ4v) is 1.53. The average molecular weight is 247 g/mol. The first kappa shape index (κ1) is 11.7. The number of pyridine rings is 1. The minimum Gasteiger partial charge on any atom is -0.508 e. The zero-order chi connectivity index (χ0) is 13.3. The molecule has 0 amide bonds. The zero-order valence-electron chi connectivity index (χ0n) is 9.03. The van der Waals surface area contributed by atoms with Crippen molar-refractivity contribution in [3.8, 4) is 23.0 Å². The van der Waals surface area contributed by atoms with Gasteiger partial charge in [0.25, 0.3) is 0 Å². The highest BCUT2D eigenvalue weighted by Crippen LogP contribution is 2.33. The Hall–Kier alpha value is -2.76. The monoisotopic (exact) mass is 247 g/mol. The van der Waals surface area contributed by atoms with E-state index in [0.29, 0.717) is 0 Å². The highest BCUT2D eigenvalue weighted by Gasteiger charge is 2.19. The summed E-state index contributed by atoms with van der Waals surface area (Å²) in [5.41, 5.74) is -0.355. The number of carbonyl (C=O) groups excluding carboxylic acids is 1. The van der Waals surface area contributed by atoms with Crippen LogP contribution in [0.4, 0.5) is 0 Å². The van der Waals surface area contributed by atoms with Gasteiger partial charge in [-0.3, -0.25) is 9.78 Å². The molecule has 1 aromatic carbocycles. The van der Waals surface area contributed by atoms with Crippen LogP contribution in [0.15, 0.2) is 30.6 Å². The molecule has 6 nitrogen and oxygen atoms in total. The number of hydrogen-bond donors (Lipinski definition) is 4. The number of carbonyl (C=O) groups is 1. The normalized spacial score (nSPS) is 10.2. The summed E-state index contributed by atoms with van der Waals surface area (Å²) in [7, 11) is 0. The molecule has 0 spiro atoms. The predicted molar refractivity (Wildman–Crippen MR) is 60.8 cm³/mol. The van der Waals surface area contributed by atoms with Gasteiger partial charge < -0.3 is 20.4 Å². The number of ketones is 1. The highest BCUT2D eigenvalue weighted by atomic mass is 16.3. The van der Waals surface area contributed by atoms with Crippen LogP contribution < -0.4 is 0 Å². The van der Waals surface area contributed by atoms with Crippen LogP contribution in [-0.2, 0) is 0 Å². The molecule has 0 aliphatic rings. The lowest BCUT2D eigenvalue weighted by Gasteiger charge is -2.07. The third kappa shape index (κ3) is 2.03. The maximum atomic E-state index is 12.0. The van der Waals surface area contributed by atoms with E-state index in [-0.39, 0.29) is 22.6 Å². The summed E-state index contributed by atoms with van der Waals surface area (Å²) >= 11 is 0. The minimum atomic E-state index is -0.714. The molecule has 0 aliphatic carbocycles. The van der Waals surface area contributed by atoms with Gasteiger partial charge in [0.2, 0.25) is 5.78 Å². The van der Waals surface area contributed by atoms with E-state index in [1.54, 1.807) is 0 Å². The summed E-state index contributed by atoms with van der Waals surface area (Å²) in [6, 6.07) is 3.02. The Bertz CT molecular complexity index is 601. The molecule has 2 rings (SSSR count). The van der Waals surface area contributed by atoms with Gasteiger partial charge in [-0.15, -0.1) is 0 Å². The third-order valence-corrected chi connectivity index (χ3v) is 2.29. The summed E-state index contributed by atoms with van der Waals surface area (Å²) in [4.78, 5) is 15.6. The number of benzene rings is 1. The molecule has 0 saturated heterocycles. The molecular formula is C12H9NO5. The van der Waals surface area contributed by atoms with E-state index >= 15 is 0 Å². The molecule has 0 radical (unpaired) electrons. The molecule has 2 aromatic rings. The van der Waals surface area contributed by atoms with Crippen LogP contribution in [0, 0.1) is 0 Å². The van der Waals surface area contributed by atoms with Gasteiger partial charge in [-0.2, -0.15) is 0 Å². The Labute approximate surface area is 101 Å². The van der Waals surface area contributed by atoms with Crippen LogP contribution in [0.5, 0.6) is 23.0 Å². The van der Waals surface area contributed by atoms with Gasteiger partial charge in [-0.05, 0) is 6.07 Å². The fourth-order valence-electron chi connectivity index (χ4n) is 1.53. The van der Waals surface area contributed by atoms with Crippen LogP contribution >= 0.6 is 0 Å². The Balaban J connectivity index is 2.53. The van der Waals surface area contributed by atoms with Crippen molar-refractivity contribution in [2.24, 2.45) is 0 Å². The lowest BCUT2D eigenvalue weighted by molar-refractivity contribution is 0.103. The number of phenolic OH excluding ortho intramolecular Hbond substituents is 3. The van der Waals surface area contributed by atoms with Crippen molar-refractivity contribution in [1.29, 1.82) is 0 Å². The van der Waals surface area contributed by atoms with Gasteiger partial charge in [0.05, 0.1) is 6.20 Å². The van der Waals surface area contributed by atoms with Gasteiger partial charge in [-0.1, -0.05) is 0 Å². The van der Waals surface area contributed by atoms with Crippen molar-refractivity contribution in [3.05, 3.63) is 41.7 Å². The van der Waals surface area contributed by atoms with E-state index in [2.05, 4.69) is 4.98 Å². The number of nitrogens with zero attached hydrogens (tertiary/aromatic N) is 1. The van der Waals surface area contributed by atoms with Gasteiger partial charge in [0.1, 0.15) is 28.6 Å². The smallest absolute Gasteiger partial charge is 0.202 e. The largest absolute Gasteiger partial charge is 0.508 e. The molecule has 92 valence electrons. The molecule has 0 saturated carbocycles. The fraction of sp³-hybridized carbons (Fsp3) is 0. The third-order valence-electron chi connectivity index (χ3n) is 2.29. The summed E-state index contributed by atoms with van der Waals surface area (Å²) in [5.74, 6) is -2.40. The van der Waals surface area contributed by atoms with Crippen LogP contribution in [0.2, 0.25) is 0 Å². The van der Waals surface area contributed by atoms with E-state index < -0.39 is 17.3 Å². The van der Waals surface area contributed by atoms with Gasteiger partial charge in [0, 0.05) is 23.9 Å². The molecule has 1 heterocycles. The molecule has 0 bridgehead atoms. The number of phenols is 3. The number of aromatic hydroxyl groups is 4. The van der Waals surface area contributed by atoms with E-state index in [9.17, 15) is 20.1 Å². The molecule has 18 heavy (non-hydrogen) atoms. The van der Waals surface area contributed by atoms with E-state index in [1.807, 2.05) is 0 Å². The first-order chi connectivity index (χ1) is 8.49. The van der Waals surface area contributed by atoms with Crippen LogP contribution in [-0.4, -0.2) is 31.2 Å². The quantitative estimate of drug-likeness (QED) is 0.592. The van der Waals surface area contributed by atoms with Crippen LogP contribution in [0.1, 0.15) is 15.9 Å². The van der Waals surface area contributed by atoms with Crippen molar-refractivity contribution >= 4 is 5.78 Å². The number of hydrogen-bond acceptors (Lipinski definition) is 6. The molecule has 0 aliphatic heterocycles. The predicted octanol–water partition coefficient (Wildman–Crippen LogP) is 1.14. The lowest BCUT2D eigenvalue weighted by Crippen LogP contribution is -2.02.